The molecule has 47 heavy (non-hydrogen) atoms. The summed E-state index contributed by atoms with van der Waals surface area (Å²) in [5, 5.41) is 22.5. The van der Waals surface area contributed by atoms with Crippen molar-refractivity contribution in [3.05, 3.63) is 29.3 Å². The van der Waals surface area contributed by atoms with Gasteiger partial charge < -0.3 is 47.9 Å². The van der Waals surface area contributed by atoms with Crippen LogP contribution in [0.25, 0.3) is 0 Å². The molecule has 16 nitrogen and oxygen atoms in total. The van der Waals surface area contributed by atoms with E-state index in [9.17, 15) is 33.6 Å². The molecule has 0 fully saturated rings. The number of hydrogen-bond acceptors (Lipinski definition) is 9. The number of esters is 1. The molecular formula is C31H49N7O9. The third kappa shape index (κ3) is 14.9. The zero-order valence-electron chi connectivity index (χ0n) is 27.8. The Balaban J connectivity index is 3.21. The molecule has 0 aliphatic heterocycles. The molecule has 3 atom stereocenters. The molecule has 1 aromatic rings. The van der Waals surface area contributed by atoms with Gasteiger partial charge in [0, 0.05) is 35.8 Å². The van der Waals surface area contributed by atoms with Crippen LogP contribution in [0, 0.1) is 11.8 Å². The molecule has 0 aliphatic carbocycles. The smallest absolute Gasteiger partial charge is 0.312 e. The number of carbonyl (C=O) groups is 7. The van der Waals surface area contributed by atoms with Gasteiger partial charge in [0.15, 0.2) is 0 Å². The van der Waals surface area contributed by atoms with E-state index < -0.39 is 65.6 Å². The molecule has 0 saturated heterocycles. The van der Waals surface area contributed by atoms with Gasteiger partial charge in [-0.2, -0.15) is 0 Å². The van der Waals surface area contributed by atoms with Crippen LogP contribution < -0.4 is 38.1 Å². The summed E-state index contributed by atoms with van der Waals surface area (Å²) in [4.78, 5) is 86.4. The van der Waals surface area contributed by atoms with Crippen molar-refractivity contribution in [3.8, 4) is 0 Å². The molecule has 0 bridgehead atoms. The van der Waals surface area contributed by atoms with Gasteiger partial charge in [-0.1, -0.05) is 47.6 Å². The molecule has 0 saturated carbocycles. The van der Waals surface area contributed by atoms with Crippen LogP contribution in [0.2, 0.25) is 0 Å². The quantitative estimate of drug-likeness (QED) is 0.0716. The number of anilines is 1. The van der Waals surface area contributed by atoms with Gasteiger partial charge in [0.25, 0.3) is 0 Å². The van der Waals surface area contributed by atoms with Crippen LogP contribution in [-0.4, -0.2) is 77.4 Å². The molecule has 0 aliphatic rings. The van der Waals surface area contributed by atoms with Gasteiger partial charge in [0.2, 0.25) is 23.6 Å². The van der Waals surface area contributed by atoms with Crippen molar-refractivity contribution < 1.29 is 43.4 Å². The molecule has 1 aromatic carbocycles. The minimum Gasteiger partial charge on any atom is -0.481 e. The standard InChI is InChI=1S/C31H49N7O9/c1-16(2)25(38-28(43)23(35-18(5)6)11-12-24(39)40)29(44)37-22(8-7-13-34-31(33)46)27(42)36-20-10-9-19(21(14-20)26(32)41)15-47-30(45)17(3)4/h9-10,14,16-18,22-23,25,35H,7-8,11-13,15H2,1-6H3,(H2,32,41)(H,36,42)(H,37,44)(H,38,43)(H,39,40)(H3,33,34,46)/t22-,23-,25-/m0/s1. The fourth-order valence-electron chi connectivity index (χ4n) is 4.35. The lowest BCUT2D eigenvalue weighted by molar-refractivity contribution is -0.148. The molecule has 16 heteroatoms. The lowest BCUT2D eigenvalue weighted by atomic mass is 10.0. The van der Waals surface area contributed by atoms with Crippen LogP contribution in [-0.2, 0) is 35.3 Å². The lowest BCUT2D eigenvalue weighted by Crippen LogP contribution is -2.58. The number of amides is 6. The number of ether oxygens (including phenoxy) is 1. The molecule has 6 amide bonds. The largest absolute Gasteiger partial charge is 0.481 e. The Bertz CT molecular complexity index is 1280. The number of carbonyl (C=O) groups excluding carboxylic acids is 6. The molecule has 0 radical (unpaired) electrons. The first-order chi connectivity index (χ1) is 21.9. The predicted molar refractivity (Wildman–Crippen MR) is 173 cm³/mol. The Morgan fingerprint density at radius 3 is 2.04 bits per heavy atom. The Labute approximate surface area is 274 Å². The maximum Gasteiger partial charge on any atom is 0.312 e. The van der Waals surface area contributed by atoms with E-state index in [0.717, 1.165) is 0 Å². The third-order valence-electron chi connectivity index (χ3n) is 6.83. The summed E-state index contributed by atoms with van der Waals surface area (Å²) in [5.74, 6) is -5.06. The van der Waals surface area contributed by atoms with Gasteiger partial charge in [0.05, 0.1) is 12.0 Å². The number of urea groups is 1. The van der Waals surface area contributed by atoms with Gasteiger partial charge in [-0.25, -0.2) is 4.79 Å². The second kappa shape index (κ2) is 19.7. The Morgan fingerprint density at radius 2 is 1.51 bits per heavy atom. The number of aliphatic carboxylic acids is 1. The molecule has 0 spiro atoms. The second-order valence-electron chi connectivity index (χ2n) is 12.0. The maximum absolute atomic E-state index is 13.5. The van der Waals surface area contributed by atoms with E-state index >= 15 is 0 Å². The van der Waals surface area contributed by atoms with Crippen molar-refractivity contribution >= 4 is 47.3 Å². The van der Waals surface area contributed by atoms with Crippen molar-refractivity contribution in [2.45, 2.75) is 98.0 Å². The minimum atomic E-state index is -1.16. The van der Waals surface area contributed by atoms with Crippen LogP contribution in [0.5, 0.6) is 0 Å². The first-order valence-corrected chi connectivity index (χ1v) is 15.4. The predicted octanol–water partition coefficient (Wildman–Crippen LogP) is 0.729. The normalized spacial score (nSPS) is 13.0. The average Bonchev–Trinajstić information content (AvgIpc) is 2.97. The fraction of sp³-hybridized carbons (Fsp3) is 0.581. The zero-order chi connectivity index (χ0) is 35.8. The Morgan fingerprint density at radius 1 is 0.851 bits per heavy atom. The number of benzene rings is 1. The third-order valence-corrected chi connectivity index (χ3v) is 6.83. The van der Waals surface area contributed by atoms with E-state index in [1.165, 1.54) is 18.2 Å². The topological polar surface area (TPSA) is 261 Å². The van der Waals surface area contributed by atoms with Gasteiger partial charge >= 0.3 is 18.0 Å². The van der Waals surface area contributed by atoms with Crippen LogP contribution in [0.15, 0.2) is 18.2 Å². The molecule has 10 N–H and O–H groups in total. The molecular weight excluding hydrogens is 614 g/mol. The summed E-state index contributed by atoms with van der Waals surface area (Å²) >= 11 is 0. The highest BCUT2D eigenvalue weighted by Crippen LogP contribution is 2.18. The summed E-state index contributed by atoms with van der Waals surface area (Å²) < 4.78 is 5.20. The molecule has 1 rings (SSSR count). The van der Waals surface area contributed by atoms with E-state index in [1.807, 2.05) is 0 Å². The van der Waals surface area contributed by atoms with Gasteiger partial charge in [-0.05, 0) is 37.3 Å². The van der Waals surface area contributed by atoms with Crippen molar-refractivity contribution in [2.24, 2.45) is 23.3 Å². The highest BCUT2D eigenvalue weighted by atomic mass is 16.5. The average molecular weight is 664 g/mol. The van der Waals surface area contributed by atoms with E-state index in [1.54, 1.807) is 41.5 Å². The molecule has 262 valence electrons. The van der Waals surface area contributed by atoms with Crippen LogP contribution in [0.4, 0.5) is 10.5 Å². The maximum atomic E-state index is 13.5. The number of carboxylic acid groups (broad SMARTS) is 1. The number of primary amides is 2. The van der Waals surface area contributed by atoms with Crippen LogP contribution in [0.1, 0.15) is 83.1 Å². The number of hydrogen-bond donors (Lipinski definition) is 8. The first kappa shape index (κ1) is 40.3. The van der Waals surface area contributed by atoms with Crippen LogP contribution in [0.3, 0.4) is 0 Å². The Hall–Kier alpha value is -4.73. The Kier molecular flexibility index (Phi) is 16.9. The molecule has 0 heterocycles. The summed E-state index contributed by atoms with van der Waals surface area (Å²) in [7, 11) is 0. The monoisotopic (exact) mass is 663 g/mol. The summed E-state index contributed by atoms with van der Waals surface area (Å²) in [6.45, 7) is 10.2. The minimum absolute atomic E-state index is 0.00405. The summed E-state index contributed by atoms with van der Waals surface area (Å²) in [5.41, 5.74) is 11.2. The number of rotatable bonds is 20. The van der Waals surface area contributed by atoms with Crippen molar-refractivity contribution in [2.75, 3.05) is 11.9 Å². The lowest BCUT2D eigenvalue weighted by Gasteiger charge is -2.28. The van der Waals surface area contributed by atoms with Gasteiger partial charge in [-0.15, -0.1) is 0 Å². The number of nitrogens with two attached hydrogens (primary N) is 2. The summed E-state index contributed by atoms with van der Waals surface area (Å²) in [6, 6.07) is 0.248. The van der Waals surface area contributed by atoms with Gasteiger partial charge in [-0.3, -0.25) is 28.8 Å². The van der Waals surface area contributed by atoms with Crippen molar-refractivity contribution in [1.29, 1.82) is 0 Å². The van der Waals surface area contributed by atoms with Crippen LogP contribution >= 0.6 is 0 Å². The van der Waals surface area contributed by atoms with Crippen molar-refractivity contribution in [1.82, 2.24) is 21.3 Å². The fourth-order valence-corrected chi connectivity index (χ4v) is 4.35. The molecule has 0 aromatic heterocycles. The van der Waals surface area contributed by atoms with E-state index in [2.05, 4.69) is 26.6 Å². The van der Waals surface area contributed by atoms with Gasteiger partial charge in [0.1, 0.15) is 18.7 Å². The summed E-state index contributed by atoms with van der Waals surface area (Å²) in [6.07, 6.45) is 0.0241. The zero-order valence-corrected chi connectivity index (χ0v) is 27.8. The second-order valence-corrected chi connectivity index (χ2v) is 12.0. The highest BCUT2D eigenvalue weighted by Gasteiger charge is 2.31. The SMILES string of the molecule is CC(C)N[C@@H](CCC(=O)O)C(=O)N[C@H](C(=O)N[C@@H](CCCNC(N)=O)C(=O)Nc1ccc(COC(=O)C(C)C)c(C(N)=O)c1)C(C)C. The number of nitrogens with one attached hydrogen (secondary N) is 5. The van der Waals surface area contributed by atoms with E-state index in [0.29, 0.717) is 5.56 Å². The van der Waals surface area contributed by atoms with Crippen molar-refractivity contribution in [3.63, 3.8) is 0 Å². The van der Waals surface area contributed by atoms with E-state index in [4.69, 9.17) is 21.3 Å². The molecule has 0 unspecified atom stereocenters. The van der Waals surface area contributed by atoms with E-state index in [-0.39, 0.29) is 62.0 Å². The highest BCUT2D eigenvalue weighted by molar-refractivity contribution is 6.00. The first-order valence-electron chi connectivity index (χ1n) is 15.4. The number of carboxylic acids is 1.